The fourth-order valence-corrected chi connectivity index (χ4v) is 6.06. The van der Waals surface area contributed by atoms with Crippen LogP contribution in [0.1, 0.15) is 31.8 Å². The summed E-state index contributed by atoms with van der Waals surface area (Å²) in [5, 5.41) is 3.53. The number of hydrogen-bond acceptors (Lipinski definition) is 5. The first-order valence-corrected chi connectivity index (χ1v) is 14.1. The Bertz CT molecular complexity index is 1610. The van der Waals surface area contributed by atoms with Crippen LogP contribution in [0.3, 0.4) is 0 Å². The van der Waals surface area contributed by atoms with Crippen LogP contribution in [-0.4, -0.2) is 36.8 Å². The maximum atomic E-state index is 13.8. The first kappa shape index (κ1) is 27.4. The number of anilines is 1. The largest absolute Gasteiger partial charge is 0.493 e. The third-order valence-electron chi connectivity index (χ3n) is 6.68. The lowest BCUT2D eigenvalue weighted by Crippen LogP contribution is -2.31. The minimum Gasteiger partial charge on any atom is -0.493 e. The van der Waals surface area contributed by atoms with Crippen molar-refractivity contribution in [2.75, 3.05) is 25.7 Å². The van der Waals surface area contributed by atoms with E-state index in [0.29, 0.717) is 56.1 Å². The van der Waals surface area contributed by atoms with Crippen LogP contribution in [0.4, 0.5) is 5.69 Å². The Labute approximate surface area is 240 Å². The van der Waals surface area contributed by atoms with E-state index >= 15 is 0 Å². The Kier molecular flexibility index (Phi) is 8.19. The van der Waals surface area contributed by atoms with Gasteiger partial charge in [-0.25, -0.2) is 4.21 Å². The molecule has 0 radical (unpaired) electrons. The van der Waals surface area contributed by atoms with Gasteiger partial charge in [0.05, 0.1) is 52.6 Å². The van der Waals surface area contributed by atoms with Gasteiger partial charge >= 0.3 is 0 Å². The average molecular weight is 575 g/mol. The lowest BCUT2D eigenvalue weighted by Gasteiger charge is -2.23. The second-order valence-electron chi connectivity index (χ2n) is 9.16. The van der Waals surface area contributed by atoms with E-state index in [1.165, 1.54) is 0 Å². The lowest BCUT2D eigenvalue weighted by molar-refractivity contribution is 0.0950. The topological polar surface area (TPSA) is 84.9 Å². The monoisotopic (exact) mass is 574 g/mol. The number of carbonyl (C=O) groups excluding carboxylic acids is 2. The summed E-state index contributed by atoms with van der Waals surface area (Å²) in [5.41, 5.74) is 2.99. The van der Waals surface area contributed by atoms with E-state index in [2.05, 4.69) is 5.32 Å². The summed E-state index contributed by atoms with van der Waals surface area (Å²) in [6, 6.07) is 24.7. The lowest BCUT2D eigenvalue weighted by atomic mass is 10.1. The second kappa shape index (κ2) is 11.9. The van der Waals surface area contributed by atoms with Crippen molar-refractivity contribution in [3.05, 3.63) is 112 Å². The van der Waals surface area contributed by atoms with E-state index < -0.39 is 10.8 Å². The number of halogens is 1. The van der Waals surface area contributed by atoms with Gasteiger partial charge in [0.25, 0.3) is 11.8 Å². The zero-order chi connectivity index (χ0) is 28.2. The number of nitrogens with zero attached hydrogens (tertiary/aromatic N) is 1. The number of carbonyl (C=O) groups is 2. The van der Waals surface area contributed by atoms with Crippen molar-refractivity contribution in [3.63, 3.8) is 0 Å². The molecule has 0 aliphatic carbocycles. The Balaban J connectivity index is 1.42. The van der Waals surface area contributed by atoms with Crippen molar-refractivity contribution in [2.24, 2.45) is 0 Å². The van der Waals surface area contributed by atoms with Crippen molar-refractivity contribution in [2.45, 2.75) is 22.8 Å². The van der Waals surface area contributed by atoms with Crippen molar-refractivity contribution in [3.8, 4) is 11.5 Å². The van der Waals surface area contributed by atoms with Gasteiger partial charge in [0.15, 0.2) is 11.5 Å². The maximum Gasteiger partial charge on any atom is 0.259 e. The summed E-state index contributed by atoms with van der Waals surface area (Å²) >= 11 is 6.06. The Morgan fingerprint density at radius 1 is 0.875 bits per heavy atom. The summed E-state index contributed by atoms with van der Waals surface area (Å²) in [6.07, 6.45) is 0.581. The first-order chi connectivity index (χ1) is 19.4. The van der Waals surface area contributed by atoms with Crippen LogP contribution in [-0.2, 0) is 23.8 Å². The number of nitrogens with one attached hydrogen (secondary N) is 1. The van der Waals surface area contributed by atoms with Crippen molar-refractivity contribution < 1.29 is 23.3 Å². The van der Waals surface area contributed by atoms with Crippen molar-refractivity contribution in [1.29, 1.82) is 0 Å². The van der Waals surface area contributed by atoms with Gasteiger partial charge in [-0.05, 0) is 72.1 Å². The number of rotatable bonds is 8. The zero-order valence-electron chi connectivity index (χ0n) is 22.0. The highest BCUT2D eigenvalue weighted by atomic mass is 35.5. The number of fused-ring (bicyclic) bond motifs is 2. The van der Waals surface area contributed by atoms with Gasteiger partial charge < -0.3 is 19.7 Å². The smallest absolute Gasteiger partial charge is 0.259 e. The van der Waals surface area contributed by atoms with Crippen LogP contribution in [0.5, 0.6) is 11.5 Å². The summed E-state index contributed by atoms with van der Waals surface area (Å²) in [5.74, 6) is 0.674. The number of hydrogen-bond donors (Lipinski definition) is 1. The van der Waals surface area contributed by atoms with Crippen molar-refractivity contribution >= 4 is 39.9 Å². The number of methoxy groups -OCH3 is 2. The molecule has 0 unspecified atom stereocenters. The Morgan fingerprint density at radius 2 is 1.60 bits per heavy atom. The van der Waals surface area contributed by atoms with Gasteiger partial charge in [0.1, 0.15) is 0 Å². The number of benzene rings is 4. The molecule has 0 fully saturated rings. The van der Waals surface area contributed by atoms with Gasteiger partial charge in [-0.3, -0.25) is 9.59 Å². The maximum absolute atomic E-state index is 13.8. The summed E-state index contributed by atoms with van der Waals surface area (Å²) in [7, 11) is 1.55. The summed E-state index contributed by atoms with van der Waals surface area (Å²) < 4.78 is 24.3. The molecular formula is C31H27ClN2O5S. The standard InChI is InChI=1S/C31H27ClN2O5S/c1-38-26-13-9-20(17-27(26)39-2)15-16-33-30(35)22-10-14-29-25(18-22)34(19-21-7-11-23(32)12-8-21)31(36)24-5-3-4-6-28(24)40(29)37/h3-14,17-18H,15-16,19H2,1-2H3,(H,33,35)/t40-/m1/s1. The quantitative estimate of drug-likeness (QED) is 0.294. The first-order valence-electron chi connectivity index (χ1n) is 12.6. The third kappa shape index (κ3) is 5.59. The molecule has 0 saturated heterocycles. The fraction of sp³-hybridized carbons (Fsp3) is 0.161. The van der Waals surface area contributed by atoms with Crippen molar-refractivity contribution in [1.82, 2.24) is 5.32 Å². The molecule has 1 heterocycles. The van der Waals surface area contributed by atoms with E-state index in [1.807, 2.05) is 30.3 Å². The molecule has 5 rings (SSSR count). The highest BCUT2D eigenvalue weighted by Gasteiger charge is 2.31. The molecule has 0 bridgehead atoms. The van der Waals surface area contributed by atoms with E-state index in [0.717, 1.165) is 11.1 Å². The molecule has 0 spiro atoms. The van der Waals surface area contributed by atoms with E-state index in [4.69, 9.17) is 21.1 Å². The summed E-state index contributed by atoms with van der Waals surface area (Å²) in [6.45, 7) is 0.606. The molecule has 204 valence electrons. The van der Waals surface area contributed by atoms with Gasteiger partial charge in [-0.1, -0.05) is 41.9 Å². The average Bonchev–Trinajstić information content (AvgIpc) is 3.07. The molecule has 7 nitrogen and oxygen atoms in total. The van der Waals surface area contributed by atoms with Gasteiger partial charge in [0, 0.05) is 17.1 Å². The fourth-order valence-electron chi connectivity index (χ4n) is 4.59. The van der Waals surface area contributed by atoms with Crippen LogP contribution in [0.2, 0.25) is 5.02 Å². The zero-order valence-corrected chi connectivity index (χ0v) is 23.6. The van der Waals surface area contributed by atoms with E-state index in [-0.39, 0.29) is 18.4 Å². The Hall–Kier alpha value is -4.14. The molecule has 40 heavy (non-hydrogen) atoms. The molecular weight excluding hydrogens is 548 g/mol. The highest BCUT2D eigenvalue weighted by Crippen LogP contribution is 2.36. The molecule has 4 aromatic carbocycles. The molecule has 1 aliphatic rings. The second-order valence-corrected chi connectivity index (χ2v) is 11.0. The molecule has 9 heteroatoms. The van der Waals surface area contributed by atoms with Crippen LogP contribution < -0.4 is 19.7 Å². The molecule has 0 aromatic heterocycles. The predicted molar refractivity (Wildman–Crippen MR) is 155 cm³/mol. The molecule has 1 aliphatic heterocycles. The van der Waals surface area contributed by atoms with Gasteiger partial charge in [-0.15, -0.1) is 0 Å². The number of ether oxygens (including phenoxy) is 2. The third-order valence-corrected chi connectivity index (χ3v) is 8.43. The van der Waals surface area contributed by atoms with Crippen LogP contribution >= 0.6 is 11.6 Å². The molecule has 1 atom stereocenters. The number of amides is 2. The Morgan fingerprint density at radius 3 is 2.35 bits per heavy atom. The predicted octanol–water partition coefficient (Wildman–Crippen LogP) is 5.66. The molecule has 0 saturated carbocycles. The minimum atomic E-state index is -1.61. The summed E-state index contributed by atoms with van der Waals surface area (Å²) in [4.78, 5) is 29.4. The van der Waals surface area contributed by atoms with Gasteiger partial charge in [0.2, 0.25) is 0 Å². The molecule has 4 aromatic rings. The van der Waals surface area contributed by atoms with Crippen LogP contribution in [0.25, 0.3) is 0 Å². The van der Waals surface area contributed by atoms with E-state index in [9.17, 15) is 13.8 Å². The highest BCUT2D eigenvalue weighted by molar-refractivity contribution is 7.85. The minimum absolute atomic E-state index is 0.221. The molecule has 2 amide bonds. The SMILES string of the molecule is COc1ccc(CCNC(=O)c2ccc3c(c2)N(Cc2ccc(Cl)cc2)C(=O)c2ccccc2[S@]3=O)cc1OC. The molecule has 1 N–H and O–H groups in total. The van der Waals surface area contributed by atoms with Gasteiger partial charge in [-0.2, -0.15) is 0 Å². The van der Waals surface area contributed by atoms with Crippen LogP contribution in [0.15, 0.2) is 94.7 Å². The normalized spacial score (nSPS) is 14.1. The van der Waals surface area contributed by atoms with Crippen LogP contribution in [0, 0.1) is 0 Å². The van der Waals surface area contributed by atoms with E-state index in [1.54, 1.807) is 73.7 Å².